The lowest BCUT2D eigenvalue weighted by Gasteiger charge is -2.46. The van der Waals surface area contributed by atoms with Gasteiger partial charge in [-0.1, -0.05) is 23.7 Å². The molecule has 5 rings (SSSR count). The highest BCUT2D eigenvalue weighted by molar-refractivity contribution is 7.89. The number of amides is 4. The maximum atomic E-state index is 13.2. The minimum atomic E-state index is -3.99. The fourth-order valence-electron chi connectivity index (χ4n) is 5.89. The molecule has 3 heterocycles. The van der Waals surface area contributed by atoms with Crippen LogP contribution >= 0.6 is 11.6 Å². The van der Waals surface area contributed by atoms with E-state index in [1.165, 1.54) is 21.9 Å². The highest BCUT2D eigenvalue weighted by atomic mass is 35.5. The van der Waals surface area contributed by atoms with Gasteiger partial charge in [0.05, 0.1) is 11.4 Å². The summed E-state index contributed by atoms with van der Waals surface area (Å²) in [7, 11) is -3.99. The standard InChI is InChI=1S/C26H30ClN5O6S/c27-20-5-3-19-10-21(6-4-18(19)9-20)39(37,38)29-22-2-1-7-30(25(22)35)15-23(33)31-11-16-8-17(12-31)14-32(13-16)26(36)24(28)34/h3-6,9-10,16-17,22,29H,1-2,7-8,11-15H2,(H2,28,34). The summed E-state index contributed by atoms with van der Waals surface area (Å²) in [4.78, 5) is 54.3. The predicted molar refractivity (Wildman–Crippen MR) is 143 cm³/mol. The van der Waals surface area contributed by atoms with Crippen molar-refractivity contribution >= 4 is 56.0 Å². The van der Waals surface area contributed by atoms with Gasteiger partial charge in [-0.3, -0.25) is 19.2 Å². The molecule has 0 aromatic heterocycles. The molecule has 39 heavy (non-hydrogen) atoms. The summed E-state index contributed by atoms with van der Waals surface area (Å²) >= 11 is 6.02. The van der Waals surface area contributed by atoms with Crippen LogP contribution in [0.25, 0.3) is 10.8 Å². The van der Waals surface area contributed by atoms with Gasteiger partial charge in [-0.15, -0.1) is 0 Å². The van der Waals surface area contributed by atoms with E-state index in [0.29, 0.717) is 56.0 Å². The molecule has 13 heteroatoms. The Morgan fingerprint density at radius 2 is 1.62 bits per heavy atom. The number of fused-ring (bicyclic) bond motifs is 3. The van der Waals surface area contributed by atoms with Crippen molar-refractivity contribution in [2.75, 3.05) is 39.3 Å². The number of halogens is 1. The number of primary amides is 1. The van der Waals surface area contributed by atoms with E-state index < -0.39 is 33.8 Å². The lowest BCUT2D eigenvalue weighted by atomic mass is 9.84. The van der Waals surface area contributed by atoms with Crippen LogP contribution in [0.15, 0.2) is 41.3 Å². The number of likely N-dealkylation sites (tertiary alicyclic amines) is 3. The van der Waals surface area contributed by atoms with Gasteiger partial charge in [-0.25, -0.2) is 8.42 Å². The summed E-state index contributed by atoms with van der Waals surface area (Å²) in [6.07, 6.45) is 1.74. The molecule has 11 nitrogen and oxygen atoms in total. The number of nitrogens with two attached hydrogens (primary N) is 1. The average Bonchev–Trinajstić information content (AvgIpc) is 2.89. The largest absolute Gasteiger partial charge is 0.361 e. The van der Waals surface area contributed by atoms with Crippen molar-refractivity contribution in [3.63, 3.8) is 0 Å². The van der Waals surface area contributed by atoms with Gasteiger partial charge in [0.2, 0.25) is 21.8 Å². The minimum Gasteiger partial charge on any atom is -0.361 e. The van der Waals surface area contributed by atoms with E-state index >= 15 is 0 Å². The number of rotatable bonds is 5. The zero-order valence-electron chi connectivity index (χ0n) is 21.2. The van der Waals surface area contributed by atoms with Crippen LogP contribution in [-0.4, -0.2) is 92.1 Å². The van der Waals surface area contributed by atoms with Gasteiger partial charge in [-0.2, -0.15) is 4.72 Å². The van der Waals surface area contributed by atoms with Crippen LogP contribution in [0.3, 0.4) is 0 Å². The summed E-state index contributed by atoms with van der Waals surface area (Å²) in [5.41, 5.74) is 5.14. The van der Waals surface area contributed by atoms with Gasteiger partial charge in [0.15, 0.2) is 0 Å². The minimum absolute atomic E-state index is 0.0272. The summed E-state index contributed by atoms with van der Waals surface area (Å²) in [6.45, 7) is 1.78. The predicted octanol–water partition coefficient (Wildman–Crippen LogP) is 0.555. The third-order valence-corrected chi connectivity index (χ3v) is 9.37. The number of nitrogens with zero attached hydrogens (tertiary/aromatic N) is 3. The molecule has 3 saturated heterocycles. The van der Waals surface area contributed by atoms with Crippen LogP contribution < -0.4 is 10.5 Å². The van der Waals surface area contributed by atoms with Gasteiger partial charge in [0, 0.05) is 37.7 Å². The Labute approximate surface area is 231 Å². The van der Waals surface area contributed by atoms with Gasteiger partial charge in [0.25, 0.3) is 0 Å². The number of nitrogens with one attached hydrogen (secondary N) is 1. The van der Waals surface area contributed by atoms with Crippen LogP contribution in [0.2, 0.25) is 5.02 Å². The van der Waals surface area contributed by atoms with Crippen molar-refractivity contribution in [2.24, 2.45) is 17.6 Å². The summed E-state index contributed by atoms with van der Waals surface area (Å²) in [6, 6.07) is 8.87. The Kier molecular flexibility index (Phi) is 7.53. The van der Waals surface area contributed by atoms with Crippen LogP contribution in [0, 0.1) is 11.8 Å². The molecule has 3 N–H and O–H groups in total. The molecule has 3 aliphatic rings. The van der Waals surface area contributed by atoms with Crippen LogP contribution in [-0.2, 0) is 29.2 Å². The van der Waals surface area contributed by atoms with Crippen molar-refractivity contribution in [2.45, 2.75) is 30.2 Å². The molecule has 2 aromatic rings. The number of carbonyl (C=O) groups excluding carboxylic acids is 4. The lowest BCUT2D eigenvalue weighted by molar-refractivity contribution is -0.150. The van der Waals surface area contributed by atoms with Crippen molar-refractivity contribution in [1.82, 2.24) is 19.4 Å². The zero-order valence-corrected chi connectivity index (χ0v) is 22.8. The number of sulfonamides is 1. The molecule has 0 radical (unpaired) electrons. The molecule has 0 spiro atoms. The van der Waals surface area contributed by atoms with E-state index in [4.69, 9.17) is 17.3 Å². The number of piperidine rings is 3. The first-order chi connectivity index (χ1) is 18.5. The van der Waals surface area contributed by atoms with Gasteiger partial charge >= 0.3 is 11.8 Å². The van der Waals surface area contributed by atoms with Crippen molar-refractivity contribution in [3.8, 4) is 0 Å². The molecule has 208 valence electrons. The maximum absolute atomic E-state index is 13.2. The molecule has 4 amide bonds. The number of benzene rings is 2. The number of hydrogen-bond acceptors (Lipinski definition) is 6. The topological polar surface area (TPSA) is 150 Å². The van der Waals surface area contributed by atoms with E-state index in [-0.39, 0.29) is 29.2 Å². The third kappa shape index (κ3) is 5.87. The smallest absolute Gasteiger partial charge is 0.311 e. The second-order valence-corrected chi connectivity index (χ2v) is 12.7. The Morgan fingerprint density at radius 1 is 0.974 bits per heavy atom. The summed E-state index contributed by atoms with van der Waals surface area (Å²) in [5, 5.41) is 2.05. The van der Waals surface area contributed by atoms with Crippen LogP contribution in [0.5, 0.6) is 0 Å². The SMILES string of the molecule is NC(=O)C(=O)N1CC2CC(CN(C(=O)CN3CCCC(NS(=O)(=O)c4ccc5cc(Cl)ccc5c4)C3=O)C2)C1. The van der Waals surface area contributed by atoms with Crippen molar-refractivity contribution in [1.29, 1.82) is 0 Å². The highest BCUT2D eigenvalue weighted by Crippen LogP contribution is 2.29. The quantitative estimate of drug-likeness (QED) is 0.497. The monoisotopic (exact) mass is 575 g/mol. The zero-order chi connectivity index (χ0) is 27.9. The van der Waals surface area contributed by atoms with E-state index in [1.807, 2.05) is 0 Å². The highest BCUT2D eigenvalue weighted by Gasteiger charge is 2.40. The first-order valence-corrected chi connectivity index (χ1v) is 14.7. The third-order valence-electron chi connectivity index (χ3n) is 7.67. The molecule has 0 aliphatic carbocycles. The van der Waals surface area contributed by atoms with E-state index in [1.54, 1.807) is 29.2 Å². The fraction of sp³-hybridized carbons (Fsp3) is 0.462. The second-order valence-electron chi connectivity index (χ2n) is 10.6. The van der Waals surface area contributed by atoms with Crippen LogP contribution in [0.4, 0.5) is 0 Å². The Bertz CT molecular complexity index is 1440. The van der Waals surface area contributed by atoms with E-state index in [9.17, 15) is 27.6 Å². The van der Waals surface area contributed by atoms with Crippen molar-refractivity contribution in [3.05, 3.63) is 41.4 Å². The fourth-order valence-corrected chi connectivity index (χ4v) is 7.33. The molecule has 2 aromatic carbocycles. The lowest BCUT2D eigenvalue weighted by Crippen LogP contribution is -2.59. The average molecular weight is 576 g/mol. The van der Waals surface area contributed by atoms with Crippen molar-refractivity contribution < 1.29 is 27.6 Å². The molecule has 3 fully saturated rings. The molecule has 3 atom stereocenters. The Morgan fingerprint density at radius 3 is 2.31 bits per heavy atom. The molecular weight excluding hydrogens is 546 g/mol. The maximum Gasteiger partial charge on any atom is 0.311 e. The van der Waals surface area contributed by atoms with E-state index in [0.717, 1.165) is 11.8 Å². The molecule has 3 aliphatic heterocycles. The molecule has 3 unspecified atom stereocenters. The summed E-state index contributed by atoms with van der Waals surface area (Å²) < 4.78 is 28.8. The number of hydrogen-bond donors (Lipinski definition) is 2. The molecule has 2 bridgehead atoms. The second kappa shape index (κ2) is 10.7. The summed E-state index contributed by atoms with van der Waals surface area (Å²) in [5.74, 6) is -2.28. The normalized spacial score (nSPS) is 23.7. The Balaban J connectivity index is 1.21. The first-order valence-electron chi connectivity index (χ1n) is 12.9. The Hall–Kier alpha value is -3.22. The van der Waals surface area contributed by atoms with Gasteiger partial charge < -0.3 is 20.4 Å². The van der Waals surface area contributed by atoms with Crippen LogP contribution in [0.1, 0.15) is 19.3 Å². The molecule has 0 saturated carbocycles. The van der Waals surface area contributed by atoms with E-state index in [2.05, 4.69) is 4.72 Å². The first kappa shape index (κ1) is 27.4. The van der Waals surface area contributed by atoms with Gasteiger partial charge in [0.1, 0.15) is 6.04 Å². The number of carbonyl (C=O) groups is 4. The molecular formula is C26H30ClN5O6S. The van der Waals surface area contributed by atoms with Gasteiger partial charge in [-0.05, 0) is 66.1 Å².